The van der Waals surface area contributed by atoms with Crippen LogP contribution in [0.4, 0.5) is 10.5 Å². The SMILES string of the molecule is CCOC(=O)c1ccc(N(CCNC(=O)NC2CC2)S(C)(=O)=O)cc1. The number of carbonyl (C=O) groups is 2. The first-order valence-corrected chi connectivity index (χ1v) is 9.95. The first-order chi connectivity index (χ1) is 11.8. The molecule has 1 aliphatic carbocycles. The fourth-order valence-corrected chi connectivity index (χ4v) is 3.13. The normalized spacial score (nSPS) is 13.8. The van der Waals surface area contributed by atoms with Crippen LogP contribution in [0, 0.1) is 0 Å². The first kappa shape index (κ1) is 19.0. The molecule has 1 aromatic carbocycles. The first-order valence-electron chi connectivity index (χ1n) is 8.10. The maximum Gasteiger partial charge on any atom is 0.338 e. The summed E-state index contributed by atoms with van der Waals surface area (Å²) in [7, 11) is -3.52. The van der Waals surface area contributed by atoms with Gasteiger partial charge >= 0.3 is 12.0 Å². The lowest BCUT2D eigenvalue weighted by Gasteiger charge is -2.22. The molecule has 2 rings (SSSR count). The average molecular weight is 369 g/mol. The van der Waals surface area contributed by atoms with Gasteiger partial charge in [0.05, 0.1) is 30.7 Å². The lowest BCUT2D eigenvalue weighted by atomic mass is 10.2. The van der Waals surface area contributed by atoms with Gasteiger partial charge in [-0.15, -0.1) is 0 Å². The Bertz CT molecular complexity index is 714. The number of hydrogen-bond donors (Lipinski definition) is 2. The Morgan fingerprint density at radius 1 is 1.24 bits per heavy atom. The Morgan fingerprint density at radius 3 is 2.40 bits per heavy atom. The van der Waals surface area contributed by atoms with Crippen molar-refractivity contribution in [3.05, 3.63) is 29.8 Å². The zero-order chi connectivity index (χ0) is 18.4. The summed E-state index contributed by atoms with van der Waals surface area (Å²) in [5.74, 6) is -0.460. The number of carbonyl (C=O) groups excluding carboxylic acids is 2. The molecular weight excluding hydrogens is 346 g/mol. The molecule has 138 valence electrons. The van der Waals surface area contributed by atoms with Crippen LogP contribution < -0.4 is 14.9 Å². The van der Waals surface area contributed by atoms with Gasteiger partial charge in [0, 0.05) is 12.6 Å². The second-order valence-electron chi connectivity index (χ2n) is 5.78. The molecule has 0 aromatic heterocycles. The second kappa shape index (κ2) is 8.19. The summed E-state index contributed by atoms with van der Waals surface area (Å²) in [5.41, 5.74) is 0.765. The lowest BCUT2D eigenvalue weighted by Crippen LogP contribution is -2.42. The Hall–Kier alpha value is -2.29. The summed E-state index contributed by atoms with van der Waals surface area (Å²) in [6.07, 6.45) is 3.06. The van der Waals surface area contributed by atoms with Crippen molar-refractivity contribution < 1.29 is 22.7 Å². The molecule has 9 heteroatoms. The van der Waals surface area contributed by atoms with Gasteiger partial charge in [0.15, 0.2) is 0 Å². The molecule has 0 spiro atoms. The summed E-state index contributed by atoms with van der Waals surface area (Å²) in [4.78, 5) is 23.3. The van der Waals surface area contributed by atoms with Crippen molar-refractivity contribution in [3.63, 3.8) is 0 Å². The predicted molar refractivity (Wildman–Crippen MR) is 94.1 cm³/mol. The van der Waals surface area contributed by atoms with E-state index in [9.17, 15) is 18.0 Å². The van der Waals surface area contributed by atoms with Crippen molar-refractivity contribution in [2.45, 2.75) is 25.8 Å². The monoisotopic (exact) mass is 369 g/mol. The minimum absolute atomic E-state index is 0.0929. The second-order valence-corrected chi connectivity index (χ2v) is 7.68. The Morgan fingerprint density at radius 2 is 1.88 bits per heavy atom. The van der Waals surface area contributed by atoms with E-state index in [1.54, 1.807) is 6.92 Å². The largest absolute Gasteiger partial charge is 0.462 e. The van der Waals surface area contributed by atoms with Gasteiger partial charge in [0.25, 0.3) is 0 Å². The van der Waals surface area contributed by atoms with Crippen molar-refractivity contribution in [3.8, 4) is 0 Å². The molecule has 8 nitrogen and oxygen atoms in total. The highest BCUT2D eigenvalue weighted by Gasteiger charge is 2.23. The number of ether oxygens (including phenoxy) is 1. The molecule has 1 saturated carbocycles. The van der Waals surface area contributed by atoms with E-state index in [0.29, 0.717) is 11.3 Å². The van der Waals surface area contributed by atoms with E-state index in [0.717, 1.165) is 19.1 Å². The standard InChI is InChI=1S/C16H23N3O5S/c1-3-24-15(20)12-4-8-14(9-5-12)19(25(2,22)23)11-10-17-16(21)18-13-6-7-13/h4-5,8-9,13H,3,6-7,10-11H2,1-2H3,(H2,17,18,21). The van der Waals surface area contributed by atoms with Crippen LogP contribution in [0.5, 0.6) is 0 Å². The van der Waals surface area contributed by atoms with Gasteiger partial charge in [-0.2, -0.15) is 0 Å². The molecule has 1 aliphatic rings. The van der Waals surface area contributed by atoms with Crippen LogP contribution in [0.3, 0.4) is 0 Å². The van der Waals surface area contributed by atoms with Crippen molar-refractivity contribution in [1.82, 2.24) is 10.6 Å². The predicted octanol–water partition coefficient (Wildman–Crippen LogP) is 1.09. The van der Waals surface area contributed by atoms with Crippen LogP contribution >= 0.6 is 0 Å². The third kappa shape index (κ3) is 5.93. The minimum Gasteiger partial charge on any atom is -0.462 e. The van der Waals surface area contributed by atoms with Crippen molar-refractivity contribution in [1.29, 1.82) is 0 Å². The molecule has 1 aromatic rings. The van der Waals surface area contributed by atoms with Crippen LogP contribution in [-0.2, 0) is 14.8 Å². The Kier molecular flexibility index (Phi) is 6.24. The van der Waals surface area contributed by atoms with Crippen molar-refractivity contribution >= 4 is 27.7 Å². The topological polar surface area (TPSA) is 105 Å². The van der Waals surface area contributed by atoms with Gasteiger partial charge in [0.1, 0.15) is 0 Å². The smallest absolute Gasteiger partial charge is 0.338 e. The van der Waals surface area contributed by atoms with Crippen LogP contribution in [0.2, 0.25) is 0 Å². The highest BCUT2D eigenvalue weighted by atomic mass is 32.2. The summed E-state index contributed by atoms with van der Waals surface area (Å²) >= 11 is 0. The fourth-order valence-electron chi connectivity index (χ4n) is 2.20. The van der Waals surface area contributed by atoms with Crippen molar-refractivity contribution in [2.24, 2.45) is 0 Å². The Balaban J connectivity index is 1.99. The van der Waals surface area contributed by atoms with Crippen LogP contribution in [0.25, 0.3) is 0 Å². The molecule has 0 atom stereocenters. The van der Waals surface area contributed by atoms with E-state index >= 15 is 0 Å². The molecular formula is C16H23N3O5S. The summed E-state index contributed by atoms with van der Waals surface area (Å²) < 4.78 is 30.1. The number of sulfonamides is 1. The molecule has 0 bridgehead atoms. The highest BCUT2D eigenvalue weighted by molar-refractivity contribution is 7.92. The number of esters is 1. The number of amides is 2. The molecule has 1 fully saturated rings. The van der Waals surface area contributed by atoms with E-state index in [4.69, 9.17) is 4.74 Å². The van der Waals surface area contributed by atoms with Crippen molar-refractivity contribution in [2.75, 3.05) is 30.3 Å². The molecule has 0 unspecified atom stereocenters. The van der Waals surface area contributed by atoms with Crippen LogP contribution in [-0.4, -0.2) is 52.4 Å². The zero-order valence-corrected chi connectivity index (χ0v) is 15.1. The van der Waals surface area contributed by atoms with E-state index in [1.165, 1.54) is 28.6 Å². The van der Waals surface area contributed by atoms with Gasteiger partial charge in [-0.3, -0.25) is 4.31 Å². The number of urea groups is 1. The lowest BCUT2D eigenvalue weighted by molar-refractivity contribution is 0.0526. The van der Waals surface area contributed by atoms with E-state index < -0.39 is 16.0 Å². The van der Waals surface area contributed by atoms with E-state index in [2.05, 4.69) is 10.6 Å². The summed E-state index contributed by atoms with van der Waals surface area (Å²) in [5, 5.41) is 5.41. The summed E-state index contributed by atoms with van der Waals surface area (Å²) in [6, 6.07) is 6.04. The quantitative estimate of drug-likeness (QED) is 0.668. The fraction of sp³-hybridized carbons (Fsp3) is 0.500. The number of benzene rings is 1. The van der Waals surface area contributed by atoms with Crippen LogP contribution in [0.15, 0.2) is 24.3 Å². The number of nitrogens with one attached hydrogen (secondary N) is 2. The molecule has 0 saturated heterocycles. The maximum absolute atomic E-state index is 12.0. The van der Waals surface area contributed by atoms with E-state index in [-0.39, 0.29) is 31.8 Å². The molecule has 2 amide bonds. The van der Waals surface area contributed by atoms with Gasteiger partial charge < -0.3 is 15.4 Å². The zero-order valence-electron chi connectivity index (χ0n) is 14.3. The third-order valence-corrected chi connectivity index (χ3v) is 4.77. The van der Waals surface area contributed by atoms with Gasteiger partial charge in [-0.25, -0.2) is 18.0 Å². The highest BCUT2D eigenvalue weighted by Crippen LogP contribution is 2.19. The van der Waals surface area contributed by atoms with Crippen LogP contribution in [0.1, 0.15) is 30.1 Å². The minimum atomic E-state index is -3.52. The molecule has 25 heavy (non-hydrogen) atoms. The average Bonchev–Trinajstić information content (AvgIpc) is 3.35. The van der Waals surface area contributed by atoms with E-state index in [1.807, 2.05) is 0 Å². The molecule has 0 aliphatic heterocycles. The number of anilines is 1. The van der Waals surface area contributed by atoms with Gasteiger partial charge in [-0.05, 0) is 44.0 Å². The Labute approximate surface area is 147 Å². The summed E-state index contributed by atoms with van der Waals surface area (Å²) in [6.45, 7) is 2.25. The van der Waals surface area contributed by atoms with Gasteiger partial charge in [-0.1, -0.05) is 0 Å². The molecule has 0 heterocycles. The molecule has 0 radical (unpaired) electrons. The number of rotatable bonds is 8. The van der Waals surface area contributed by atoms with Gasteiger partial charge in [0.2, 0.25) is 10.0 Å². The third-order valence-electron chi connectivity index (χ3n) is 3.58. The molecule has 2 N–H and O–H groups in total. The number of nitrogens with zero attached hydrogens (tertiary/aromatic N) is 1. The maximum atomic E-state index is 12.0. The number of hydrogen-bond acceptors (Lipinski definition) is 5.